The van der Waals surface area contributed by atoms with E-state index in [4.69, 9.17) is 16.3 Å². The zero-order valence-corrected chi connectivity index (χ0v) is 22.7. The molecule has 8 nitrogen and oxygen atoms in total. The molecule has 1 heterocycles. The maximum Gasteiger partial charge on any atom is 0.229 e. The average molecular weight is 530 g/mol. The minimum atomic E-state index is -1.19. The van der Waals surface area contributed by atoms with Gasteiger partial charge in [0, 0.05) is 29.5 Å². The van der Waals surface area contributed by atoms with Crippen LogP contribution >= 0.6 is 11.6 Å². The zero-order chi connectivity index (χ0) is 26.2. The van der Waals surface area contributed by atoms with E-state index in [2.05, 4.69) is 25.9 Å². The summed E-state index contributed by atoms with van der Waals surface area (Å²) in [5, 5.41) is 9.56. The fourth-order valence-electron chi connectivity index (χ4n) is 3.60. The van der Waals surface area contributed by atoms with Gasteiger partial charge in [0.25, 0.3) is 0 Å². The number of nitrogens with zero attached hydrogens (tertiary/aromatic N) is 2. The second-order valence-electron chi connectivity index (χ2n) is 8.56. The van der Waals surface area contributed by atoms with E-state index in [1.54, 1.807) is 7.11 Å². The van der Waals surface area contributed by atoms with E-state index in [0.717, 1.165) is 10.5 Å². The minimum Gasteiger partial charge on any atom is -0.495 e. The maximum atomic E-state index is 13.1. The van der Waals surface area contributed by atoms with Crippen molar-refractivity contribution in [3.05, 3.63) is 69.9 Å². The van der Waals surface area contributed by atoms with Crippen LogP contribution in [0.4, 0.5) is 17.5 Å². The number of anilines is 3. The SMILES string of the molecule is COc1ccc(CCNC(C)=O)cc1Nc1ncc(Cl)c(NC2=C(S(=O)C(C)C)[C@@H](C)C=CC=C2)n1. The van der Waals surface area contributed by atoms with Crippen molar-refractivity contribution >= 4 is 45.8 Å². The van der Waals surface area contributed by atoms with Crippen molar-refractivity contribution in [1.82, 2.24) is 15.3 Å². The molecule has 0 aliphatic heterocycles. The Bertz CT molecular complexity index is 1230. The number of allylic oxidation sites excluding steroid dienone is 5. The average Bonchev–Trinajstić information content (AvgIpc) is 3.01. The van der Waals surface area contributed by atoms with Crippen LogP contribution in [0.3, 0.4) is 0 Å². The van der Waals surface area contributed by atoms with Crippen LogP contribution in [0.1, 0.15) is 33.3 Å². The van der Waals surface area contributed by atoms with Crippen LogP contribution < -0.4 is 20.7 Å². The third-order valence-corrected chi connectivity index (χ3v) is 7.55. The van der Waals surface area contributed by atoms with Gasteiger partial charge in [-0.05, 0) is 30.2 Å². The van der Waals surface area contributed by atoms with Crippen molar-refractivity contribution < 1.29 is 13.7 Å². The predicted molar refractivity (Wildman–Crippen MR) is 147 cm³/mol. The Kier molecular flexibility index (Phi) is 9.66. The third kappa shape index (κ3) is 7.18. The van der Waals surface area contributed by atoms with Gasteiger partial charge in [0.1, 0.15) is 10.8 Å². The van der Waals surface area contributed by atoms with Crippen molar-refractivity contribution in [2.24, 2.45) is 5.92 Å². The molecule has 1 amide bonds. The van der Waals surface area contributed by atoms with Crippen molar-refractivity contribution in [2.75, 3.05) is 24.3 Å². The van der Waals surface area contributed by atoms with Gasteiger partial charge in [0.15, 0.2) is 5.82 Å². The smallest absolute Gasteiger partial charge is 0.229 e. The summed E-state index contributed by atoms with van der Waals surface area (Å²) in [6.07, 6.45) is 9.90. The first-order chi connectivity index (χ1) is 17.2. The van der Waals surface area contributed by atoms with Gasteiger partial charge < -0.3 is 20.7 Å². The van der Waals surface area contributed by atoms with Crippen LogP contribution in [0.15, 0.2) is 59.3 Å². The summed E-state index contributed by atoms with van der Waals surface area (Å²) in [6.45, 7) is 7.90. The highest BCUT2D eigenvalue weighted by Gasteiger charge is 2.22. The summed E-state index contributed by atoms with van der Waals surface area (Å²) in [7, 11) is 0.397. The second kappa shape index (κ2) is 12.7. The molecule has 1 aromatic carbocycles. The number of carbonyl (C=O) groups is 1. The Morgan fingerprint density at radius 3 is 2.72 bits per heavy atom. The molecule has 1 unspecified atom stereocenters. The van der Waals surface area contributed by atoms with Crippen LogP contribution in [0, 0.1) is 5.92 Å². The van der Waals surface area contributed by atoms with E-state index in [1.807, 2.05) is 63.3 Å². The number of amides is 1. The number of nitrogens with one attached hydrogen (secondary N) is 3. The molecule has 36 heavy (non-hydrogen) atoms. The molecule has 0 bridgehead atoms. The highest BCUT2D eigenvalue weighted by molar-refractivity contribution is 7.89. The van der Waals surface area contributed by atoms with E-state index in [9.17, 15) is 9.00 Å². The van der Waals surface area contributed by atoms with E-state index in [-0.39, 0.29) is 17.1 Å². The molecule has 1 aromatic heterocycles. The number of aromatic nitrogens is 2. The highest BCUT2D eigenvalue weighted by atomic mass is 35.5. The lowest BCUT2D eigenvalue weighted by molar-refractivity contribution is -0.118. The molecular weight excluding hydrogens is 498 g/mol. The number of halogens is 1. The van der Waals surface area contributed by atoms with Crippen molar-refractivity contribution in [1.29, 1.82) is 0 Å². The van der Waals surface area contributed by atoms with Gasteiger partial charge in [-0.2, -0.15) is 4.98 Å². The number of hydrogen-bond donors (Lipinski definition) is 3. The van der Waals surface area contributed by atoms with E-state index in [0.29, 0.717) is 46.9 Å². The van der Waals surface area contributed by atoms with Crippen molar-refractivity contribution in [3.8, 4) is 5.75 Å². The normalized spacial score (nSPS) is 16.0. The number of ether oxygens (including phenoxy) is 1. The summed E-state index contributed by atoms with van der Waals surface area (Å²) in [5.41, 5.74) is 2.39. The lowest BCUT2D eigenvalue weighted by Crippen LogP contribution is -2.22. The van der Waals surface area contributed by atoms with Crippen LogP contribution in [0.25, 0.3) is 0 Å². The molecule has 2 aromatic rings. The van der Waals surface area contributed by atoms with Crippen LogP contribution in [-0.4, -0.2) is 39.0 Å². The highest BCUT2D eigenvalue weighted by Crippen LogP contribution is 2.31. The van der Waals surface area contributed by atoms with E-state index >= 15 is 0 Å². The molecular formula is C26H32ClN5O3S. The number of carbonyl (C=O) groups excluding carboxylic acids is 1. The molecule has 1 aliphatic rings. The second-order valence-corrected chi connectivity index (χ2v) is 10.9. The third-order valence-electron chi connectivity index (χ3n) is 5.39. The van der Waals surface area contributed by atoms with Gasteiger partial charge in [-0.15, -0.1) is 0 Å². The number of benzene rings is 1. The van der Waals surface area contributed by atoms with Gasteiger partial charge in [-0.25, -0.2) is 4.98 Å². The minimum absolute atomic E-state index is 0.0200. The fourth-order valence-corrected chi connectivity index (χ4v) is 5.03. The number of hydrogen-bond acceptors (Lipinski definition) is 7. The molecule has 0 saturated carbocycles. The molecule has 1 aliphatic carbocycles. The first-order valence-corrected chi connectivity index (χ1v) is 13.3. The molecule has 3 rings (SSSR count). The van der Waals surface area contributed by atoms with E-state index in [1.165, 1.54) is 13.1 Å². The molecule has 192 valence electrons. The zero-order valence-electron chi connectivity index (χ0n) is 21.1. The monoisotopic (exact) mass is 529 g/mol. The lowest BCUT2D eigenvalue weighted by atomic mass is 10.1. The van der Waals surface area contributed by atoms with E-state index < -0.39 is 10.8 Å². The van der Waals surface area contributed by atoms with Gasteiger partial charge >= 0.3 is 0 Å². The summed E-state index contributed by atoms with van der Waals surface area (Å²) < 4.78 is 18.6. The summed E-state index contributed by atoms with van der Waals surface area (Å²) in [5.74, 6) is 1.24. The summed E-state index contributed by atoms with van der Waals surface area (Å²) in [4.78, 5) is 20.9. The molecule has 3 N–H and O–H groups in total. The van der Waals surface area contributed by atoms with Crippen molar-refractivity contribution in [3.63, 3.8) is 0 Å². The van der Waals surface area contributed by atoms with Gasteiger partial charge in [-0.1, -0.05) is 56.7 Å². The largest absolute Gasteiger partial charge is 0.495 e. The van der Waals surface area contributed by atoms with Crippen LogP contribution in [0.5, 0.6) is 5.75 Å². The molecule has 0 fully saturated rings. The Labute approximate surface area is 219 Å². The van der Waals surface area contributed by atoms with Gasteiger partial charge in [0.05, 0.1) is 35.5 Å². The molecule has 2 atom stereocenters. The Hall–Kier alpha value is -3.17. The van der Waals surface area contributed by atoms with Crippen LogP contribution in [-0.2, 0) is 22.0 Å². The molecule has 0 radical (unpaired) electrons. The van der Waals surface area contributed by atoms with Gasteiger partial charge in [0.2, 0.25) is 11.9 Å². The number of methoxy groups -OCH3 is 1. The fraction of sp³-hybridized carbons (Fsp3) is 0.346. The lowest BCUT2D eigenvalue weighted by Gasteiger charge is -2.19. The predicted octanol–water partition coefficient (Wildman–Crippen LogP) is 5.10. The van der Waals surface area contributed by atoms with Gasteiger partial charge in [-0.3, -0.25) is 9.00 Å². The van der Waals surface area contributed by atoms with Crippen LogP contribution in [0.2, 0.25) is 5.02 Å². The standard InChI is InChI=1S/C26H32ClN5O3S/c1-16(2)36(34)24-17(3)8-6-7-9-21(24)30-25-20(27)15-29-26(32-25)31-22-14-19(10-11-23(22)35-5)12-13-28-18(4)33/h6-11,14-17H,12-13H2,1-5H3,(H,28,33)(H2,29,30,31,32)/t17-,36?/m0/s1. The summed E-state index contributed by atoms with van der Waals surface area (Å²) >= 11 is 6.44. The maximum absolute atomic E-state index is 13.1. The Morgan fingerprint density at radius 2 is 2.03 bits per heavy atom. The summed E-state index contributed by atoms with van der Waals surface area (Å²) in [6, 6.07) is 5.72. The first kappa shape index (κ1) is 27.4. The Morgan fingerprint density at radius 1 is 1.25 bits per heavy atom. The number of rotatable bonds is 10. The topological polar surface area (TPSA) is 105 Å². The first-order valence-electron chi connectivity index (χ1n) is 11.7. The molecule has 10 heteroatoms. The Balaban J connectivity index is 1.90. The van der Waals surface area contributed by atoms with Crippen molar-refractivity contribution in [2.45, 2.75) is 39.4 Å². The quantitative estimate of drug-likeness (QED) is 0.393. The molecule has 0 saturated heterocycles. The molecule has 0 spiro atoms.